The van der Waals surface area contributed by atoms with Crippen molar-refractivity contribution in [3.8, 4) is 0 Å². The fourth-order valence-corrected chi connectivity index (χ4v) is 5.39. The van der Waals surface area contributed by atoms with Crippen molar-refractivity contribution >= 4 is 15.8 Å². The number of carbonyl (C=O) groups is 1. The lowest BCUT2D eigenvalue weighted by molar-refractivity contribution is 0.101. The van der Waals surface area contributed by atoms with Gasteiger partial charge in [-0.25, -0.2) is 8.42 Å². The molecule has 0 spiro atoms. The summed E-state index contributed by atoms with van der Waals surface area (Å²) < 4.78 is 27.3. The van der Waals surface area contributed by atoms with Gasteiger partial charge >= 0.3 is 0 Å². The highest BCUT2D eigenvalue weighted by Crippen LogP contribution is 2.39. The summed E-state index contributed by atoms with van der Waals surface area (Å²) in [7, 11) is -3.43. The van der Waals surface area contributed by atoms with Gasteiger partial charge in [0.05, 0.1) is 4.90 Å². The van der Waals surface area contributed by atoms with Crippen molar-refractivity contribution < 1.29 is 13.2 Å². The van der Waals surface area contributed by atoms with Crippen molar-refractivity contribution in [2.24, 2.45) is 5.92 Å². The number of hydrogen-bond donors (Lipinski definition) is 0. The molecule has 0 amide bonds. The Bertz CT molecular complexity index is 636. The van der Waals surface area contributed by atoms with E-state index in [1.165, 1.54) is 13.3 Å². The lowest BCUT2D eigenvalue weighted by atomic mass is 9.86. The fourth-order valence-electron chi connectivity index (χ4n) is 3.66. The summed E-state index contributed by atoms with van der Waals surface area (Å²) >= 11 is 0. The number of Topliss-reactive ketones (excluding diaryl/α,β-unsaturated/α-hetero) is 1. The van der Waals surface area contributed by atoms with Crippen LogP contribution in [0.5, 0.6) is 0 Å². The normalized spacial score (nSPS) is 26.5. The molecule has 5 heteroatoms. The topological polar surface area (TPSA) is 54.5 Å². The van der Waals surface area contributed by atoms with Gasteiger partial charge in [0.25, 0.3) is 0 Å². The quantitative estimate of drug-likeness (QED) is 0.807. The molecule has 1 aliphatic carbocycles. The molecule has 21 heavy (non-hydrogen) atoms. The van der Waals surface area contributed by atoms with E-state index in [1.807, 2.05) is 0 Å². The third-order valence-corrected chi connectivity index (χ3v) is 6.77. The highest BCUT2D eigenvalue weighted by Gasteiger charge is 2.42. The second kappa shape index (κ2) is 5.54. The van der Waals surface area contributed by atoms with E-state index in [-0.39, 0.29) is 11.8 Å². The minimum absolute atomic E-state index is 0.0486. The monoisotopic (exact) mass is 307 g/mol. The minimum atomic E-state index is -3.43. The molecule has 1 heterocycles. The van der Waals surface area contributed by atoms with Crippen LogP contribution in [-0.4, -0.2) is 31.1 Å². The molecular weight excluding hydrogens is 286 g/mol. The molecule has 0 N–H and O–H groups in total. The SMILES string of the molecule is CC(=O)c1ccc(S(=O)(=O)N2CCC3CCCCC32)cc1. The van der Waals surface area contributed by atoms with Crippen LogP contribution >= 0.6 is 0 Å². The average Bonchev–Trinajstić information content (AvgIpc) is 2.92. The maximum absolute atomic E-state index is 12.8. The Morgan fingerprint density at radius 2 is 1.76 bits per heavy atom. The first-order chi connectivity index (χ1) is 10.00. The van der Waals surface area contributed by atoms with Gasteiger partial charge in [-0.15, -0.1) is 0 Å². The maximum atomic E-state index is 12.8. The second-order valence-corrected chi connectivity index (χ2v) is 7.99. The van der Waals surface area contributed by atoms with E-state index < -0.39 is 10.0 Å². The van der Waals surface area contributed by atoms with E-state index in [1.54, 1.807) is 28.6 Å². The van der Waals surface area contributed by atoms with Crippen molar-refractivity contribution in [1.82, 2.24) is 4.31 Å². The van der Waals surface area contributed by atoms with Gasteiger partial charge in [0.2, 0.25) is 10.0 Å². The van der Waals surface area contributed by atoms with Gasteiger partial charge in [0.15, 0.2) is 5.78 Å². The fraction of sp³-hybridized carbons (Fsp3) is 0.562. The number of fused-ring (bicyclic) bond motifs is 1. The van der Waals surface area contributed by atoms with Crippen molar-refractivity contribution in [3.63, 3.8) is 0 Å². The molecule has 2 unspecified atom stereocenters. The van der Waals surface area contributed by atoms with Crippen molar-refractivity contribution in [1.29, 1.82) is 0 Å². The zero-order valence-electron chi connectivity index (χ0n) is 12.3. The highest BCUT2D eigenvalue weighted by molar-refractivity contribution is 7.89. The smallest absolute Gasteiger partial charge is 0.243 e. The first-order valence-corrected chi connectivity index (χ1v) is 9.07. The zero-order chi connectivity index (χ0) is 15.0. The number of hydrogen-bond acceptors (Lipinski definition) is 3. The predicted octanol–water partition coefficient (Wildman–Crippen LogP) is 2.84. The Morgan fingerprint density at radius 1 is 1.10 bits per heavy atom. The first kappa shape index (κ1) is 14.7. The molecule has 3 rings (SSSR count). The predicted molar refractivity (Wildman–Crippen MR) is 80.7 cm³/mol. The van der Waals surface area contributed by atoms with Crippen LogP contribution in [0.15, 0.2) is 29.2 Å². The van der Waals surface area contributed by atoms with Crippen molar-refractivity contribution in [3.05, 3.63) is 29.8 Å². The standard InChI is InChI=1S/C16H21NO3S/c1-12(18)13-6-8-15(9-7-13)21(19,20)17-11-10-14-4-2-3-5-16(14)17/h6-9,14,16H,2-5,10-11H2,1H3. The molecule has 2 atom stereocenters. The van der Waals surface area contributed by atoms with E-state index >= 15 is 0 Å². The van der Waals surface area contributed by atoms with E-state index in [2.05, 4.69) is 0 Å². The minimum Gasteiger partial charge on any atom is -0.295 e. The van der Waals surface area contributed by atoms with E-state index in [0.717, 1.165) is 25.7 Å². The summed E-state index contributed by atoms with van der Waals surface area (Å²) in [6.45, 7) is 2.11. The number of ketones is 1. The number of benzene rings is 1. The lowest BCUT2D eigenvalue weighted by Gasteiger charge is -2.31. The van der Waals surface area contributed by atoms with Gasteiger partial charge in [0.1, 0.15) is 0 Å². The van der Waals surface area contributed by atoms with Gasteiger partial charge < -0.3 is 0 Å². The van der Waals surface area contributed by atoms with Crippen LogP contribution in [0.1, 0.15) is 49.4 Å². The molecule has 0 bridgehead atoms. The summed E-state index contributed by atoms with van der Waals surface area (Å²) in [6, 6.07) is 6.49. The summed E-state index contributed by atoms with van der Waals surface area (Å²) in [5.74, 6) is 0.484. The van der Waals surface area contributed by atoms with Gasteiger partial charge in [0, 0.05) is 18.2 Å². The molecule has 1 saturated carbocycles. The lowest BCUT2D eigenvalue weighted by Crippen LogP contribution is -2.39. The number of nitrogens with zero attached hydrogens (tertiary/aromatic N) is 1. The molecular formula is C16H21NO3S. The third-order valence-electron chi connectivity index (χ3n) is 4.83. The van der Waals surface area contributed by atoms with Gasteiger partial charge in [-0.3, -0.25) is 4.79 Å². The molecule has 4 nitrogen and oxygen atoms in total. The summed E-state index contributed by atoms with van der Waals surface area (Å²) in [5.41, 5.74) is 0.547. The van der Waals surface area contributed by atoms with E-state index in [9.17, 15) is 13.2 Å². The van der Waals surface area contributed by atoms with Crippen LogP contribution in [0, 0.1) is 5.92 Å². The van der Waals surface area contributed by atoms with Gasteiger partial charge in [-0.05, 0) is 44.2 Å². The van der Waals surface area contributed by atoms with Crippen LogP contribution in [0.25, 0.3) is 0 Å². The summed E-state index contributed by atoms with van der Waals surface area (Å²) in [5, 5.41) is 0. The first-order valence-electron chi connectivity index (χ1n) is 7.63. The molecule has 1 aromatic rings. The molecule has 2 fully saturated rings. The van der Waals surface area contributed by atoms with Crippen molar-refractivity contribution in [2.75, 3.05) is 6.54 Å². The molecule has 0 aromatic heterocycles. The van der Waals surface area contributed by atoms with Gasteiger partial charge in [-0.2, -0.15) is 4.31 Å². The van der Waals surface area contributed by atoms with Crippen molar-refractivity contribution in [2.45, 2.75) is 50.0 Å². The average molecular weight is 307 g/mol. The van der Waals surface area contributed by atoms with Gasteiger partial charge in [-0.1, -0.05) is 25.0 Å². The number of rotatable bonds is 3. The van der Waals surface area contributed by atoms with Crippen LogP contribution < -0.4 is 0 Å². The molecule has 1 saturated heterocycles. The highest BCUT2D eigenvalue weighted by atomic mass is 32.2. The van der Waals surface area contributed by atoms with E-state index in [0.29, 0.717) is 22.9 Å². The largest absolute Gasteiger partial charge is 0.295 e. The summed E-state index contributed by atoms with van der Waals surface area (Å²) in [6.07, 6.45) is 5.46. The molecule has 1 aromatic carbocycles. The Morgan fingerprint density at radius 3 is 2.43 bits per heavy atom. The Balaban J connectivity index is 1.88. The maximum Gasteiger partial charge on any atom is 0.243 e. The molecule has 114 valence electrons. The van der Waals surface area contributed by atoms with Crippen LogP contribution in [0.2, 0.25) is 0 Å². The van der Waals surface area contributed by atoms with Crippen LogP contribution in [0.3, 0.4) is 0 Å². The Hall–Kier alpha value is -1.20. The summed E-state index contributed by atoms with van der Waals surface area (Å²) in [4.78, 5) is 11.6. The number of carbonyl (C=O) groups excluding carboxylic acids is 1. The van der Waals surface area contributed by atoms with Crippen LogP contribution in [0.4, 0.5) is 0 Å². The van der Waals surface area contributed by atoms with E-state index in [4.69, 9.17) is 0 Å². The Kier molecular flexibility index (Phi) is 3.88. The zero-order valence-corrected chi connectivity index (χ0v) is 13.1. The van der Waals surface area contributed by atoms with Crippen LogP contribution in [-0.2, 0) is 10.0 Å². The second-order valence-electron chi connectivity index (χ2n) is 6.10. The third kappa shape index (κ3) is 2.64. The molecule has 0 radical (unpaired) electrons. The molecule has 1 aliphatic heterocycles. The Labute approximate surface area is 126 Å². The number of sulfonamides is 1. The molecule has 2 aliphatic rings.